The number of nitrogens with one attached hydrogen (secondary N) is 2. The molecule has 0 fully saturated rings. The van der Waals surface area contributed by atoms with Gasteiger partial charge in [-0.1, -0.05) is 6.92 Å². The molecule has 1 heterocycles. The quantitative estimate of drug-likeness (QED) is 0.868. The molecule has 1 aromatic heterocycles. The molecule has 2 N–H and O–H groups in total. The summed E-state index contributed by atoms with van der Waals surface area (Å²) in [5.41, 5.74) is 0.621. The molecule has 128 valence electrons. The van der Waals surface area contributed by atoms with Crippen LogP contribution in [0.3, 0.4) is 0 Å². The van der Waals surface area contributed by atoms with E-state index in [1.807, 2.05) is 6.92 Å². The summed E-state index contributed by atoms with van der Waals surface area (Å²) in [6, 6.07) is 10.2. The van der Waals surface area contributed by atoms with E-state index in [-0.39, 0.29) is 11.7 Å². The molecule has 0 unspecified atom stereocenters. The molecule has 24 heavy (non-hydrogen) atoms. The Labute approximate surface area is 141 Å². The molecule has 0 atom stereocenters. The lowest BCUT2D eigenvalue weighted by Gasteiger charge is -2.19. The van der Waals surface area contributed by atoms with Gasteiger partial charge in [0.05, 0.1) is 0 Å². The maximum atomic E-state index is 12.1. The van der Waals surface area contributed by atoms with Crippen molar-refractivity contribution < 1.29 is 18.7 Å². The molecule has 2 amide bonds. The number of furan rings is 1. The van der Waals surface area contributed by atoms with Crippen LogP contribution in [-0.4, -0.2) is 17.6 Å². The van der Waals surface area contributed by atoms with E-state index in [0.717, 1.165) is 12.2 Å². The van der Waals surface area contributed by atoms with Crippen LogP contribution in [0.25, 0.3) is 0 Å². The number of ether oxygens (including phenoxy) is 1. The van der Waals surface area contributed by atoms with Crippen LogP contribution < -0.4 is 10.6 Å². The highest BCUT2D eigenvalue weighted by Gasteiger charge is 2.16. The number of carbonyl (C=O) groups excluding carboxylic acids is 2. The standard InChI is InChI=1S/C18H22N2O4/c1-5-14-10-11-15(23-14)16(21)19-12-6-8-13(9-7-12)20-17(22)24-18(2,3)4/h6-11H,5H2,1-4H3,(H,19,21)(H,20,22). The van der Waals surface area contributed by atoms with Gasteiger partial charge in [-0.25, -0.2) is 4.79 Å². The van der Waals surface area contributed by atoms with E-state index < -0.39 is 11.7 Å². The Balaban J connectivity index is 1.94. The lowest BCUT2D eigenvalue weighted by atomic mass is 10.2. The van der Waals surface area contributed by atoms with Crippen molar-refractivity contribution in [3.05, 3.63) is 47.9 Å². The number of carbonyl (C=O) groups is 2. The molecule has 0 saturated heterocycles. The summed E-state index contributed by atoms with van der Waals surface area (Å²) >= 11 is 0. The van der Waals surface area contributed by atoms with Crippen molar-refractivity contribution in [2.75, 3.05) is 10.6 Å². The fourth-order valence-electron chi connectivity index (χ4n) is 1.94. The predicted octanol–water partition coefficient (Wildman–Crippen LogP) is 4.44. The van der Waals surface area contributed by atoms with Gasteiger partial charge in [0.2, 0.25) is 0 Å². The zero-order chi connectivity index (χ0) is 17.7. The van der Waals surface area contributed by atoms with Gasteiger partial charge in [-0.05, 0) is 57.2 Å². The number of benzene rings is 1. The van der Waals surface area contributed by atoms with Gasteiger partial charge in [0.1, 0.15) is 11.4 Å². The second-order valence-electron chi connectivity index (χ2n) is 6.28. The first-order valence-electron chi connectivity index (χ1n) is 7.77. The summed E-state index contributed by atoms with van der Waals surface area (Å²) in [5, 5.41) is 5.37. The summed E-state index contributed by atoms with van der Waals surface area (Å²) in [6.45, 7) is 7.34. The summed E-state index contributed by atoms with van der Waals surface area (Å²) in [7, 11) is 0. The second-order valence-corrected chi connectivity index (χ2v) is 6.28. The van der Waals surface area contributed by atoms with Crippen molar-refractivity contribution in [1.29, 1.82) is 0 Å². The second kappa shape index (κ2) is 7.21. The maximum absolute atomic E-state index is 12.1. The molecule has 0 bridgehead atoms. The van der Waals surface area contributed by atoms with Gasteiger partial charge in [0, 0.05) is 17.8 Å². The molecule has 0 aliphatic heterocycles. The lowest BCUT2D eigenvalue weighted by Crippen LogP contribution is -2.27. The third-order valence-corrected chi connectivity index (χ3v) is 3.02. The number of rotatable bonds is 4. The number of aryl methyl sites for hydroxylation is 1. The molecule has 0 spiro atoms. The van der Waals surface area contributed by atoms with E-state index in [1.54, 1.807) is 57.2 Å². The van der Waals surface area contributed by atoms with E-state index in [9.17, 15) is 9.59 Å². The van der Waals surface area contributed by atoms with Crippen molar-refractivity contribution in [3.8, 4) is 0 Å². The largest absolute Gasteiger partial charge is 0.456 e. The average molecular weight is 330 g/mol. The Bertz CT molecular complexity index is 711. The molecule has 0 aliphatic rings. The SMILES string of the molecule is CCc1ccc(C(=O)Nc2ccc(NC(=O)OC(C)(C)C)cc2)o1. The zero-order valence-electron chi connectivity index (χ0n) is 14.3. The van der Waals surface area contributed by atoms with Gasteiger partial charge in [-0.15, -0.1) is 0 Å². The Morgan fingerprint density at radius 3 is 2.08 bits per heavy atom. The molecule has 0 radical (unpaired) electrons. The van der Waals surface area contributed by atoms with Crippen LogP contribution >= 0.6 is 0 Å². The van der Waals surface area contributed by atoms with Crippen LogP contribution in [0.2, 0.25) is 0 Å². The van der Waals surface area contributed by atoms with Crippen molar-refractivity contribution >= 4 is 23.4 Å². The monoisotopic (exact) mass is 330 g/mol. The zero-order valence-corrected chi connectivity index (χ0v) is 14.3. The molecular weight excluding hydrogens is 308 g/mol. The van der Waals surface area contributed by atoms with Crippen molar-refractivity contribution in [2.45, 2.75) is 39.7 Å². The first kappa shape index (κ1) is 17.6. The fourth-order valence-corrected chi connectivity index (χ4v) is 1.94. The summed E-state index contributed by atoms with van der Waals surface area (Å²) < 4.78 is 10.6. The van der Waals surface area contributed by atoms with E-state index in [1.165, 1.54) is 0 Å². The van der Waals surface area contributed by atoms with E-state index in [4.69, 9.17) is 9.15 Å². The Kier molecular flexibility index (Phi) is 5.28. The first-order valence-corrected chi connectivity index (χ1v) is 7.77. The smallest absolute Gasteiger partial charge is 0.412 e. The predicted molar refractivity (Wildman–Crippen MR) is 92.3 cm³/mol. The molecular formula is C18H22N2O4. The van der Waals surface area contributed by atoms with Crippen LogP contribution in [0, 0.1) is 0 Å². The normalized spacial score (nSPS) is 11.0. The van der Waals surface area contributed by atoms with Crippen LogP contribution in [-0.2, 0) is 11.2 Å². The van der Waals surface area contributed by atoms with Gasteiger partial charge in [-0.3, -0.25) is 10.1 Å². The molecule has 6 nitrogen and oxygen atoms in total. The minimum absolute atomic E-state index is 0.266. The molecule has 2 rings (SSSR count). The van der Waals surface area contributed by atoms with E-state index >= 15 is 0 Å². The number of amides is 2. The highest BCUT2D eigenvalue weighted by molar-refractivity contribution is 6.02. The van der Waals surface area contributed by atoms with Gasteiger partial charge < -0.3 is 14.5 Å². The average Bonchev–Trinajstić information content (AvgIpc) is 2.96. The molecule has 0 aliphatic carbocycles. The number of hydrogen-bond acceptors (Lipinski definition) is 4. The maximum Gasteiger partial charge on any atom is 0.412 e. The van der Waals surface area contributed by atoms with Crippen molar-refractivity contribution in [3.63, 3.8) is 0 Å². The Morgan fingerprint density at radius 1 is 1.00 bits per heavy atom. The highest BCUT2D eigenvalue weighted by atomic mass is 16.6. The topological polar surface area (TPSA) is 80.6 Å². The Morgan fingerprint density at radius 2 is 1.58 bits per heavy atom. The summed E-state index contributed by atoms with van der Waals surface area (Å²) in [6.07, 6.45) is 0.208. The summed E-state index contributed by atoms with van der Waals surface area (Å²) in [5.74, 6) is 0.711. The Hall–Kier alpha value is -2.76. The minimum Gasteiger partial charge on any atom is -0.456 e. The van der Waals surface area contributed by atoms with Crippen molar-refractivity contribution in [2.24, 2.45) is 0 Å². The molecule has 0 saturated carbocycles. The molecule has 6 heteroatoms. The number of hydrogen-bond donors (Lipinski definition) is 2. The van der Waals surface area contributed by atoms with Crippen LogP contribution in [0.5, 0.6) is 0 Å². The molecule has 2 aromatic rings. The number of anilines is 2. The van der Waals surface area contributed by atoms with Crippen LogP contribution in [0.1, 0.15) is 44.0 Å². The minimum atomic E-state index is -0.557. The molecule has 1 aromatic carbocycles. The van der Waals surface area contributed by atoms with Gasteiger partial charge in [-0.2, -0.15) is 0 Å². The van der Waals surface area contributed by atoms with Crippen LogP contribution in [0.4, 0.5) is 16.2 Å². The van der Waals surface area contributed by atoms with Crippen molar-refractivity contribution in [1.82, 2.24) is 0 Å². The van der Waals surface area contributed by atoms with Gasteiger partial charge in [0.15, 0.2) is 5.76 Å². The third-order valence-electron chi connectivity index (χ3n) is 3.02. The fraction of sp³-hybridized carbons (Fsp3) is 0.333. The first-order chi connectivity index (χ1) is 11.3. The van der Waals surface area contributed by atoms with Gasteiger partial charge >= 0.3 is 6.09 Å². The van der Waals surface area contributed by atoms with E-state index in [0.29, 0.717) is 11.4 Å². The van der Waals surface area contributed by atoms with E-state index in [2.05, 4.69) is 10.6 Å². The lowest BCUT2D eigenvalue weighted by molar-refractivity contribution is 0.0635. The third kappa shape index (κ3) is 5.15. The van der Waals surface area contributed by atoms with Gasteiger partial charge in [0.25, 0.3) is 5.91 Å². The van der Waals surface area contributed by atoms with Crippen LogP contribution in [0.15, 0.2) is 40.8 Å². The highest BCUT2D eigenvalue weighted by Crippen LogP contribution is 2.17. The summed E-state index contributed by atoms with van der Waals surface area (Å²) in [4.78, 5) is 23.8.